The summed E-state index contributed by atoms with van der Waals surface area (Å²) >= 11 is 0. The van der Waals surface area contributed by atoms with Gasteiger partial charge in [-0.05, 0) is 30.2 Å². The molecule has 7 nitrogen and oxygen atoms in total. The van der Waals surface area contributed by atoms with Gasteiger partial charge in [-0.15, -0.1) is 0 Å². The summed E-state index contributed by atoms with van der Waals surface area (Å²) in [6.45, 7) is 0.543. The fourth-order valence-corrected chi connectivity index (χ4v) is 3.91. The number of aryl methyl sites for hydroxylation is 1. The molecule has 0 bridgehead atoms. The van der Waals surface area contributed by atoms with Crippen LogP contribution >= 0.6 is 0 Å². The van der Waals surface area contributed by atoms with E-state index in [2.05, 4.69) is 5.32 Å². The number of rotatable bonds is 6. The minimum atomic E-state index is -3.37. The third kappa shape index (κ3) is 4.51. The van der Waals surface area contributed by atoms with Crippen LogP contribution in [0.3, 0.4) is 0 Å². The van der Waals surface area contributed by atoms with Gasteiger partial charge in [0.1, 0.15) is 18.1 Å². The number of fused-ring (bicyclic) bond motifs is 1. The zero-order valence-electron chi connectivity index (χ0n) is 15.3. The van der Waals surface area contributed by atoms with E-state index in [0.29, 0.717) is 30.0 Å². The molecule has 0 aliphatic carbocycles. The molecular weight excluding hydrogens is 368 g/mol. The lowest BCUT2D eigenvalue weighted by Gasteiger charge is -2.29. The highest BCUT2D eigenvalue weighted by Crippen LogP contribution is 2.35. The number of carbonyl (C=O) groups is 1. The van der Waals surface area contributed by atoms with Crippen molar-refractivity contribution in [1.82, 2.24) is 0 Å². The molecule has 1 amide bonds. The number of benzene rings is 2. The third-order valence-corrected chi connectivity index (χ3v) is 5.46. The lowest BCUT2D eigenvalue weighted by atomic mass is 10.1. The molecule has 0 atom stereocenters. The number of sulfonamides is 1. The summed E-state index contributed by atoms with van der Waals surface area (Å²) in [7, 11) is -1.76. The Morgan fingerprint density at radius 1 is 1.26 bits per heavy atom. The van der Waals surface area contributed by atoms with Crippen LogP contribution in [0.1, 0.15) is 12.0 Å². The molecule has 2 aromatic rings. The van der Waals surface area contributed by atoms with E-state index in [4.69, 9.17) is 9.47 Å². The zero-order chi connectivity index (χ0) is 19.4. The summed E-state index contributed by atoms with van der Waals surface area (Å²) in [5.74, 6) is 1.05. The zero-order valence-corrected chi connectivity index (χ0v) is 16.1. The molecule has 27 heavy (non-hydrogen) atoms. The molecular formula is C19H22N2O5S. The Morgan fingerprint density at radius 3 is 2.78 bits per heavy atom. The topological polar surface area (TPSA) is 84.9 Å². The van der Waals surface area contributed by atoms with Gasteiger partial charge in [-0.25, -0.2) is 8.42 Å². The molecule has 8 heteroatoms. The van der Waals surface area contributed by atoms with Crippen molar-refractivity contribution in [3.63, 3.8) is 0 Å². The van der Waals surface area contributed by atoms with Crippen molar-refractivity contribution in [2.45, 2.75) is 12.8 Å². The Balaban J connectivity index is 1.67. The number of carbonyl (C=O) groups excluding carboxylic acids is 1. The molecule has 144 valence electrons. The molecule has 1 aliphatic heterocycles. The maximum Gasteiger partial charge on any atom is 0.232 e. The molecule has 1 heterocycles. The molecule has 0 saturated carbocycles. The van der Waals surface area contributed by atoms with Crippen LogP contribution in [0, 0.1) is 0 Å². The molecule has 0 unspecified atom stereocenters. The first kappa shape index (κ1) is 19.0. The van der Waals surface area contributed by atoms with Gasteiger partial charge in [-0.1, -0.05) is 18.2 Å². The average Bonchev–Trinajstić information content (AvgIpc) is 2.65. The van der Waals surface area contributed by atoms with Gasteiger partial charge >= 0.3 is 0 Å². The fraction of sp³-hybridized carbons (Fsp3) is 0.316. The minimum absolute atomic E-state index is 0.142. The Hall–Kier alpha value is -2.74. The summed E-state index contributed by atoms with van der Waals surface area (Å²) in [5.41, 5.74) is 2.01. The van der Waals surface area contributed by atoms with Crippen LogP contribution in [-0.4, -0.2) is 40.8 Å². The van der Waals surface area contributed by atoms with Gasteiger partial charge in [-0.2, -0.15) is 0 Å². The summed E-state index contributed by atoms with van der Waals surface area (Å²) in [6.07, 6.45) is 2.02. The second kappa shape index (κ2) is 7.87. The van der Waals surface area contributed by atoms with E-state index < -0.39 is 10.0 Å². The van der Waals surface area contributed by atoms with Crippen molar-refractivity contribution in [3.8, 4) is 11.5 Å². The largest absolute Gasteiger partial charge is 0.496 e. The molecule has 3 rings (SSSR count). The van der Waals surface area contributed by atoms with Crippen LogP contribution in [0.25, 0.3) is 0 Å². The standard InChI is InChI=1S/C19H22N2O5S/c1-25-17-6-4-3-5-14(17)7-10-19(22)20-15-8-9-16-18(13-15)26-12-11-21(16)27(2,23)24/h3-6,8-9,13H,7,10-12H2,1-2H3,(H,20,22). The molecule has 2 aromatic carbocycles. The highest BCUT2D eigenvalue weighted by Gasteiger charge is 2.25. The van der Waals surface area contributed by atoms with Crippen molar-refractivity contribution in [1.29, 1.82) is 0 Å². The number of hydrogen-bond donors (Lipinski definition) is 1. The van der Waals surface area contributed by atoms with Gasteiger partial charge in [0, 0.05) is 18.2 Å². The minimum Gasteiger partial charge on any atom is -0.496 e. The van der Waals surface area contributed by atoms with Gasteiger partial charge in [0.2, 0.25) is 15.9 Å². The van der Waals surface area contributed by atoms with Crippen molar-refractivity contribution in [2.75, 3.05) is 36.1 Å². The van der Waals surface area contributed by atoms with Gasteiger partial charge in [0.25, 0.3) is 0 Å². The molecule has 1 N–H and O–H groups in total. The second-order valence-electron chi connectivity index (χ2n) is 6.23. The van der Waals surface area contributed by atoms with Gasteiger partial charge in [0.05, 0.1) is 25.6 Å². The van der Waals surface area contributed by atoms with Crippen LogP contribution in [0.5, 0.6) is 11.5 Å². The van der Waals surface area contributed by atoms with Crippen molar-refractivity contribution >= 4 is 27.3 Å². The monoisotopic (exact) mass is 390 g/mol. The van der Waals surface area contributed by atoms with Crippen LogP contribution in [-0.2, 0) is 21.2 Å². The Kier molecular flexibility index (Phi) is 5.55. The van der Waals surface area contributed by atoms with Crippen LogP contribution in [0.4, 0.5) is 11.4 Å². The number of hydrogen-bond acceptors (Lipinski definition) is 5. The molecule has 0 radical (unpaired) electrons. The van der Waals surface area contributed by atoms with Gasteiger partial charge in [0.15, 0.2) is 0 Å². The first-order valence-electron chi connectivity index (χ1n) is 8.55. The Morgan fingerprint density at radius 2 is 2.04 bits per heavy atom. The summed E-state index contributed by atoms with van der Waals surface area (Å²) in [6, 6.07) is 12.5. The molecule has 0 aromatic heterocycles. The number of ether oxygens (including phenoxy) is 2. The van der Waals surface area contributed by atoms with E-state index in [1.54, 1.807) is 25.3 Å². The first-order valence-corrected chi connectivity index (χ1v) is 10.4. The Labute approximate surface area is 158 Å². The number of nitrogens with one attached hydrogen (secondary N) is 1. The number of methoxy groups -OCH3 is 1. The maximum absolute atomic E-state index is 12.3. The average molecular weight is 390 g/mol. The molecule has 1 aliphatic rings. The van der Waals surface area contributed by atoms with E-state index in [0.717, 1.165) is 17.6 Å². The maximum atomic E-state index is 12.3. The predicted octanol–water partition coefficient (Wildman–Crippen LogP) is 2.42. The van der Waals surface area contributed by atoms with Crippen molar-refractivity contribution in [3.05, 3.63) is 48.0 Å². The van der Waals surface area contributed by atoms with Crippen LogP contribution in [0.2, 0.25) is 0 Å². The van der Waals surface area contributed by atoms with Gasteiger partial charge < -0.3 is 14.8 Å². The lowest BCUT2D eigenvalue weighted by Crippen LogP contribution is -2.37. The van der Waals surface area contributed by atoms with Crippen LogP contribution < -0.4 is 19.1 Å². The first-order chi connectivity index (χ1) is 12.9. The Bertz CT molecular complexity index is 943. The van der Waals surface area contributed by atoms with E-state index in [1.165, 1.54) is 4.31 Å². The predicted molar refractivity (Wildman–Crippen MR) is 104 cm³/mol. The number of para-hydroxylation sites is 1. The summed E-state index contributed by atoms with van der Waals surface area (Å²) in [5, 5.41) is 2.83. The van der Waals surface area contributed by atoms with Crippen LogP contribution in [0.15, 0.2) is 42.5 Å². The number of nitrogens with zero attached hydrogens (tertiary/aromatic N) is 1. The lowest BCUT2D eigenvalue weighted by molar-refractivity contribution is -0.116. The van der Waals surface area contributed by atoms with Crippen molar-refractivity contribution < 1.29 is 22.7 Å². The van der Waals surface area contributed by atoms with E-state index in [9.17, 15) is 13.2 Å². The fourth-order valence-electron chi connectivity index (χ4n) is 3.00. The van der Waals surface area contributed by atoms with E-state index in [-0.39, 0.29) is 19.1 Å². The summed E-state index contributed by atoms with van der Waals surface area (Å²) < 4.78 is 35.9. The van der Waals surface area contributed by atoms with E-state index in [1.807, 2.05) is 24.3 Å². The summed E-state index contributed by atoms with van der Waals surface area (Å²) in [4.78, 5) is 12.3. The number of amides is 1. The molecule has 0 fully saturated rings. The van der Waals surface area contributed by atoms with Crippen molar-refractivity contribution in [2.24, 2.45) is 0 Å². The quantitative estimate of drug-likeness (QED) is 0.819. The highest BCUT2D eigenvalue weighted by molar-refractivity contribution is 7.92. The smallest absolute Gasteiger partial charge is 0.232 e. The number of anilines is 2. The normalized spacial score (nSPS) is 13.5. The SMILES string of the molecule is COc1ccccc1CCC(=O)Nc1ccc2c(c1)OCCN2S(C)(=O)=O. The highest BCUT2D eigenvalue weighted by atomic mass is 32.2. The third-order valence-electron chi connectivity index (χ3n) is 4.28. The second-order valence-corrected chi connectivity index (χ2v) is 8.13. The van der Waals surface area contributed by atoms with Gasteiger partial charge in [-0.3, -0.25) is 9.10 Å². The van der Waals surface area contributed by atoms with E-state index >= 15 is 0 Å². The molecule has 0 spiro atoms. The molecule has 0 saturated heterocycles.